The maximum atomic E-state index is 13.0. The van der Waals surface area contributed by atoms with Gasteiger partial charge >= 0.3 is 0 Å². The molecular weight excluding hydrogens is 331 g/mol. The Labute approximate surface area is 148 Å². The number of hydrogen-bond acceptors (Lipinski definition) is 3. The lowest BCUT2D eigenvalue weighted by Gasteiger charge is -2.35. The first-order valence-electron chi connectivity index (χ1n) is 8.44. The van der Waals surface area contributed by atoms with Crippen LogP contribution in [0.1, 0.15) is 36.0 Å². The van der Waals surface area contributed by atoms with Crippen LogP contribution in [0.3, 0.4) is 0 Å². The molecule has 2 aliphatic rings. The minimum Gasteiger partial charge on any atom is -0.342 e. The molecule has 0 bridgehead atoms. The first kappa shape index (κ1) is 18.9. The van der Waals surface area contributed by atoms with Gasteiger partial charge in [-0.2, -0.15) is 0 Å². The summed E-state index contributed by atoms with van der Waals surface area (Å²) in [6.07, 6.45) is 3.42. The van der Waals surface area contributed by atoms with E-state index in [-0.39, 0.29) is 41.8 Å². The molecule has 6 heteroatoms. The lowest BCUT2D eigenvalue weighted by atomic mass is 9.88. The summed E-state index contributed by atoms with van der Waals surface area (Å²) in [5, 5.41) is 3.27. The quantitative estimate of drug-likeness (QED) is 0.849. The van der Waals surface area contributed by atoms with E-state index in [2.05, 4.69) is 5.32 Å². The number of amides is 1. The summed E-state index contributed by atoms with van der Waals surface area (Å²) in [7, 11) is 0. The number of piperidine rings is 2. The maximum absolute atomic E-state index is 13.0. The highest BCUT2D eigenvalue weighted by atomic mass is 35.5. The minimum absolute atomic E-state index is 0. The molecule has 1 aromatic rings. The highest BCUT2D eigenvalue weighted by molar-refractivity contribution is 5.98. The fourth-order valence-corrected chi connectivity index (χ4v) is 3.57. The van der Waals surface area contributed by atoms with Crippen molar-refractivity contribution in [2.45, 2.75) is 25.7 Å². The van der Waals surface area contributed by atoms with Crippen LogP contribution in [0.4, 0.5) is 4.39 Å². The number of nitrogens with zero attached hydrogens (tertiary/aromatic N) is 1. The van der Waals surface area contributed by atoms with Crippen LogP contribution in [-0.2, 0) is 4.79 Å². The Morgan fingerprint density at radius 2 is 1.71 bits per heavy atom. The Morgan fingerprint density at radius 3 is 2.38 bits per heavy atom. The SMILES string of the molecule is Cl.O=C(c1ccc(F)cc1)C1CCCN(C(=O)C2CCNCC2)C1. The molecule has 0 aliphatic carbocycles. The molecule has 1 unspecified atom stereocenters. The molecule has 2 fully saturated rings. The number of hydrogen-bond donors (Lipinski definition) is 1. The number of carbonyl (C=O) groups excluding carboxylic acids is 2. The highest BCUT2D eigenvalue weighted by Crippen LogP contribution is 2.24. The van der Waals surface area contributed by atoms with Crippen molar-refractivity contribution in [1.29, 1.82) is 0 Å². The summed E-state index contributed by atoms with van der Waals surface area (Å²) in [4.78, 5) is 27.1. The predicted octanol–water partition coefficient (Wildman–Crippen LogP) is 2.67. The van der Waals surface area contributed by atoms with Crippen LogP contribution in [-0.4, -0.2) is 42.8 Å². The van der Waals surface area contributed by atoms with Gasteiger partial charge in [-0.1, -0.05) is 0 Å². The standard InChI is InChI=1S/C18H23FN2O2.ClH/c19-16-5-3-13(4-6-16)17(22)15-2-1-11-21(12-15)18(23)14-7-9-20-10-8-14;/h3-6,14-15,20H,1-2,7-12H2;1H. The summed E-state index contributed by atoms with van der Waals surface area (Å²) >= 11 is 0. The van der Waals surface area contributed by atoms with Gasteiger partial charge in [-0.3, -0.25) is 9.59 Å². The van der Waals surface area contributed by atoms with Crippen molar-refractivity contribution in [3.8, 4) is 0 Å². The number of rotatable bonds is 3. The zero-order chi connectivity index (χ0) is 16.2. The molecule has 2 heterocycles. The average Bonchev–Trinajstić information content (AvgIpc) is 2.62. The van der Waals surface area contributed by atoms with Gasteiger partial charge in [-0.25, -0.2) is 4.39 Å². The second-order valence-corrected chi connectivity index (χ2v) is 6.52. The molecule has 1 N–H and O–H groups in total. The zero-order valence-corrected chi connectivity index (χ0v) is 14.5. The van der Waals surface area contributed by atoms with E-state index in [1.807, 2.05) is 4.90 Å². The van der Waals surface area contributed by atoms with Gasteiger partial charge in [0.15, 0.2) is 5.78 Å². The van der Waals surface area contributed by atoms with E-state index >= 15 is 0 Å². The molecule has 4 nitrogen and oxygen atoms in total. The van der Waals surface area contributed by atoms with E-state index in [0.717, 1.165) is 45.3 Å². The van der Waals surface area contributed by atoms with Crippen molar-refractivity contribution in [3.63, 3.8) is 0 Å². The van der Waals surface area contributed by atoms with Crippen molar-refractivity contribution in [2.75, 3.05) is 26.2 Å². The third-order valence-electron chi connectivity index (χ3n) is 4.92. The smallest absolute Gasteiger partial charge is 0.225 e. The van der Waals surface area contributed by atoms with Gasteiger partial charge in [0, 0.05) is 30.5 Å². The van der Waals surface area contributed by atoms with Crippen molar-refractivity contribution >= 4 is 24.1 Å². The first-order chi connectivity index (χ1) is 11.1. The van der Waals surface area contributed by atoms with Gasteiger partial charge in [-0.15, -0.1) is 12.4 Å². The summed E-state index contributed by atoms with van der Waals surface area (Å²) in [6.45, 7) is 3.03. The molecule has 3 rings (SSSR count). The number of halogens is 2. The fourth-order valence-electron chi connectivity index (χ4n) is 3.57. The van der Waals surface area contributed by atoms with E-state index in [4.69, 9.17) is 0 Å². The van der Waals surface area contributed by atoms with E-state index < -0.39 is 0 Å². The number of benzene rings is 1. The van der Waals surface area contributed by atoms with Gasteiger partial charge in [0.25, 0.3) is 0 Å². The van der Waals surface area contributed by atoms with Crippen LogP contribution in [0.25, 0.3) is 0 Å². The molecule has 2 aliphatic heterocycles. The summed E-state index contributed by atoms with van der Waals surface area (Å²) in [6, 6.07) is 5.69. The number of Topliss-reactive ketones (excluding diaryl/α,β-unsaturated/α-hetero) is 1. The Bertz CT molecular complexity index is 573. The van der Waals surface area contributed by atoms with Crippen LogP contribution in [0.15, 0.2) is 24.3 Å². The lowest BCUT2D eigenvalue weighted by Crippen LogP contribution is -2.46. The van der Waals surface area contributed by atoms with Crippen LogP contribution in [0.2, 0.25) is 0 Å². The lowest BCUT2D eigenvalue weighted by molar-refractivity contribution is -0.137. The number of likely N-dealkylation sites (tertiary alicyclic amines) is 1. The van der Waals surface area contributed by atoms with Gasteiger partial charge in [0.1, 0.15) is 5.82 Å². The number of ketones is 1. The molecule has 132 valence electrons. The van der Waals surface area contributed by atoms with Gasteiger partial charge in [0.05, 0.1) is 0 Å². The number of nitrogens with one attached hydrogen (secondary N) is 1. The third-order valence-corrected chi connectivity index (χ3v) is 4.92. The highest BCUT2D eigenvalue weighted by Gasteiger charge is 2.32. The average molecular weight is 355 g/mol. The Balaban J connectivity index is 0.00000208. The van der Waals surface area contributed by atoms with E-state index in [0.29, 0.717) is 12.1 Å². The monoisotopic (exact) mass is 354 g/mol. The number of carbonyl (C=O) groups is 2. The van der Waals surface area contributed by atoms with E-state index in [1.165, 1.54) is 24.3 Å². The zero-order valence-electron chi connectivity index (χ0n) is 13.7. The van der Waals surface area contributed by atoms with Crippen molar-refractivity contribution in [3.05, 3.63) is 35.6 Å². The molecule has 0 spiro atoms. The summed E-state index contributed by atoms with van der Waals surface area (Å²) < 4.78 is 13.0. The molecule has 24 heavy (non-hydrogen) atoms. The predicted molar refractivity (Wildman–Crippen MR) is 92.9 cm³/mol. The van der Waals surface area contributed by atoms with Crippen LogP contribution < -0.4 is 5.32 Å². The van der Waals surface area contributed by atoms with Gasteiger partial charge in [0.2, 0.25) is 5.91 Å². The van der Waals surface area contributed by atoms with Crippen LogP contribution in [0, 0.1) is 17.7 Å². The van der Waals surface area contributed by atoms with Crippen molar-refractivity contribution in [2.24, 2.45) is 11.8 Å². The Hall–Kier alpha value is -1.46. The van der Waals surface area contributed by atoms with Crippen LogP contribution in [0.5, 0.6) is 0 Å². The largest absolute Gasteiger partial charge is 0.342 e. The molecule has 1 atom stereocenters. The molecule has 0 saturated carbocycles. The first-order valence-corrected chi connectivity index (χ1v) is 8.44. The molecule has 0 radical (unpaired) electrons. The van der Waals surface area contributed by atoms with Crippen molar-refractivity contribution in [1.82, 2.24) is 10.2 Å². The second-order valence-electron chi connectivity index (χ2n) is 6.52. The molecule has 1 aromatic carbocycles. The summed E-state index contributed by atoms with van der Waals surface area (Å²) in [5.41, 5.74) is 0.535. The second kappa shape index (κ2) is 8.58. The van der Waals surface area contributed by atoms with Crippen molar-refractivity contribution < 1.29 is 14.0 Å². The third kappa shape index (κ3) is 4.33. The normalized spacial score (nSPS) is 21.9. The van der Waals surface area contributed by atoms with Gasteiger partial charge in [-0.05, 0) is 63.0 Å². The molecule has 1 amide bonds. The minimum atomic E-state index is -0.340. The Kier molecular flexibility index (Phi) is 6.75. The topological polar surface area (TPSA) is 49.4 Å². The molecule has 0 aromatic heterocycles. The maximum Gasteiger partial charge on any atom is 0.225 e. The van der Waals surface area contributed by atoms with Gasteiger partial charge < -0.3 is 10.2 Å². The molecular formula is C18H24ClFN2O2. The van der Waals surface area contributed by atoms with E-state index in [9.17, 15) is 14.0 Å². The van der Waals surface area contributed by atoms with Crippen LogP contribution >= 0.6 is 12.4 Å². The molecule has 2 saturated heterocycles. The Morgan fingerprint density at radius 1 is 1.04 bits per heavy atom. The summed E-state index contributed by atoms with van der Waals surface area (Å²) in [5.74, 6) is -0.195. The fraction of sp³-hybridized carbons (Fsp3) is 0.556. The van der Waals surface area contributed by atoms with E-state index in [1.54, 1.807) is 0 Å².